The molecule has 3 aliphatic heterocycles. The normalized spacial score (nSPS) is 21.0. The number of nitriles is 1. The van der Waals surface area contributed by atoms with Gasteiger partial charge in [-0.3, -0.25) is 15.0 Å². The molecule has 3 aliphatic rings. The molecule has 5 heterocycles. The molecule has 2 aromatic heterocycles. The van der Waals surface area contributed by atoms with Gasteiger partial charge in [-0.1, -0.05) is 17.7 Å². The minimum Gasteiger partial charge on any atom is -0.481 e. The van der Waals surface area contributed by atoms with Gasteiger partial charge in [-0.2, -0.15) is 15.2 Å². The molecule has 16 heteroatoms. The van der Waals surface area contributed by atoms with Crippen LogP contribution in [0.2, 0.25) is 5.02 Å². The summed E-state index contributed by atoms with van der Waals surface area (Å²) in [6.45, 7) is 6.80. The lowest BCUT2D eigenvalue weighted by molar-refractivity contribution is -0.142. The molecule has 3 saturated heterocycles. The second-order valence-corrected chi connectivity index (χ2v) is 16.0. The summed E-state index contributed by atoms with van der Waals surface area (Å²) in [5.41, 5.74) is -1.70. The van der Waals surface area contributed by atoms with E-state index in [1.165, 1.54) is 12.1 Å². The monoisotopic (exact) mass is 756 g/mol. The molecule has 0 spiro atoms. The van der Waals surface area contributed by atoms with E-state index in [2.05, 4.69) is 20.2 Å². The largest absolute Gasteiger partial charge is 0.481 e. The molecule has 2 atom stereocenters. The van der Waals surface area contributed by atoms with Gasteiger partial charge >= 0.3 is 18.1 Å². The third-order valence-electron chi connectivity index (χ3n) is 10.0. The van der Waals surface area contributed by atoms with Crippen LogP contribution in [0.1, 0.15) is 58.4 Å². The summed E-state index contributed by atoms with van der Waals surface area (Å²) >= 11 is 7.66. The molecule has 2 aromatic carbocycles. The number of halogens is 4. The van der Waals surface area contributed by atoms with Gasteiger partial charge in [0.25, 0.3) is 0 Å². The number of carboxylic acids is 1. The van der Waals surface area contributed by atoms with Gasteiger partial charge in [0.2, 0.25) is 0 Å². The van der Waals surface area contributed by atoms with Crippen molar-refractivity contribution >= 4 is 66.8 Å². The van der Waals surface area contributed by atoms with E-state index in [9.17, 15) is 24.3 Å². The Labute approximate surface area is 306 Å². The molecule has 0 unspecified atom stereocenters. The van der Waals surface area contributed by atoms with Crippen LogP contribution >= 0.6 is 22.9 Å². The molecule has 0 aliphatic carbocycles. The number of nitrogens with one attached hydrogen (secondary N) is 1. The Balaban J connectivity index is 1.35. The minimum atomic E-state index is -0.988. The first-order valence-corrected chi connectivity index (χ1v) is 18.2. The van der Waals surface area contributed by atoms with Crippen LogP contribution in [0.4, 0.5) is 28.8 Å². The van der Waals surface area contributed by atoms with E-state index in [-0.39, 0.29) is 60.3 Å². The van der Waals surface area contributed by atoms with Gasteiger partial charge in [0.05, 0.1) is 26.7 Å². The summed E-state index contributed by atoms with van der Waals surface area (Å²) in [6.07, 6.45) is 0.764. The number of carbonyl (C=O) groups excluding carboxylic acids is 1. The minimum absolute atomic E-state index is 0.00697. The number of rotatable bonds is 7. The zero-order valence-corrected chi connectivity index (χ0v) is 30.3. The number of benzene rings is 2. The number of carbonyl (C=O) groups is 2. The number of aromatic nitrogens is 2. The van der Waals surface area contributed by atoms with Crippen molar-refractivity contribution in [3.05, 3.63) is 40.4 Å². The molecule has 1 amide bonds. The van der Waals surface area contributed by atoms with Gasteiger partial charge in [0, 0.05) is 42.4 Å². The van der Waals surface area contributed by atoms with Crippen LogP contribution in [0.15, 0.2) is 18.2 Å². The number of hydrogen-bond donors (Lipinski definition) is 2. The number of aliphatic carboxylic acids is 1. The Hall–Kier alpha value is -4.39. The maximum absolute atomic E-state index is 17.1. The van der Waals surface area contributed by atoms with E-state index in [0.29, 0.717) is 44.7 Å². The van der Waals surface area contributed by atoms with Crippen LogP contribution in [-0.2, 0) is 9.53 Å². The number of ether oxygens (including phenoxy) is 2. The molecule has 2 N–H and O–H groups in total. The maximum atomic E-state index is 17.1. The molecule has 0 saturated carbocycles. The van der Waals surface area contributed by atoms with Crippen LogP contribution in [0.25, 0.3) is 32.1 Å². The van der Waals surface area contributed by atoms with Crippen molar-refractivity contribution in [1.82, 2.24) is 14.9 Å². The fourth-order valence-corrected chi connectivity index (χ4v) is 9.03. The first-order valence-electron chi connectivity index (χ1n) is 17.0. The number of thiophene rings is 1. The summed E-state index contributed by atoms with van der Waals surface area (Å²) in [4.78, 5) is 37.4. The van der Waals surface area contributed by atoms with Crippen molar-refractivity contribution in [1.29, 1.82) is 5.26 Å². The number of alkyl halides is 1. The van der Waals surface area contributed by atoms with Gasteiger partial charge in [0.15, 0.2) is 5.82 Å². The van der Waals surface area contributed by atoms with E-state index >= 15 is 8.78 Å². The summed E-state index contributed by atoms with van der Waals surface area (Å²) in [5, 5.41) is 22.6. The van der Waals surface area contributed by atoms with E-state index in [1.54, 1.807) is 20.8 Å². The average Bonchev–Trinajstić information content (AvgIpc) is 3.74. The van der Waals surface area contributed by atoms with Crippen molar-refractivity contribution in [2.24, 2.45) is 5.92 Å². The molecule has 11 nitrogen and oxygen atoms in total. The predicted octanol–water partition coefficient (Wildman–Crippen LogP) is 7.92. The highest BCUT2D eigenvalue weighted by Gasteiger charge is 2.49. The smallest absolute Gasteiger partial charge is 0.412 e. The molecule has 7 rings (SSSR count). The average molecular weight is 757 g/mol. The SMILES string of the molecule is CC(C)(C)OC(=O)Nc1sc2c(F)ccc(-c3c(Cl)cc4c(N5CCC(C(=O)O)CC5)nc(OC[C@@]56CCCN5C[C@H](F)C6)nc4c3F)c2c1C#N. The lowest BCUT2D eigenvalue weighted by Crippen LogP contribution is -2.43. The number of fused-ring (bicyclic) bond motifs is 3. The molecule has 4 aromatic rings. The molecule has 274 valence electrons. The number of carboxylic acid groups (broad SMARTS) is 1. The third kappa shape index (κ3) is 6.56. The Kier molecular flexibility index (Phi) is 9.37. The standard InChI is InChI=1S/C36H36ClF3N6O5S/c1-35(2,3)51-34(49)44-31-22(15-41)25-20(5-6-24(39)29(25)52-31)26-23(37)13-21-28(27(26)40)42-33(43-30(21)45-11-7-18(8-12-45)32(47)48)50-17-36-9-4-10-46(36)16-19(38)14-36/h5-6,13,18-19H,4,7-12,14,16-17H2,1-3H3,(H,44,49)(H,47,48)/t19-,36+/m1/s1. The summed E-state index contributed by atoms with van der Waals surface area (Å²) in [6, 6.07) is 5.82. The Morgan fingerprint density at radius 2 is 1.96 bits per heavy atom. The Morgan fingerprint density at radius 1 is 1.21 bits per heavy atom. The zero-order valence-electron chi connectivity index (χ0n) is 28.7. The highest BCUT2D eigenvalue weighted by Crippen LogP contribution is 2.47. The van der Waals surface area contributed by atoms with Gasteiger partial charge in [-0.05, 0) is 70.7 Å². The van der Waals surface area contributed by atoms with Crippen LogP contribution < -0.4 is 15.0 Å². The zero-order chi connectivity index (χ0) is 37.1. The van der Waals surface area contributed by atoms with Gasteiger partial charge < -0.3 is 19.5 Å². The van der Waals surface area contributed by atoms with Gasteiger partial charge in [0.1, 0.15) is 46.6 Å². The number of piperidine rings is 1. The van der Waals surface area contributed by atoms with Crippen LogP contribution in [0, 0.1) is 28.9 Å². The van der Waals surface area contributed by atoms with Crippen molar-refractivity contribution in [3.8, 4) is 23.2 Å². The third-order valence-corrected chi connectivity index (χ3v) is 11.4. The second-order valence-electron chi connectivity index (χ2n) is 14.6. The molecule has 52 heavy (non-hydrogen) atoms. The Morgan fingerprint density at radius 3 is 2.65 bits per heavy atom. The fraction of sp³-hybridized carbons (Fsp3) is 0.472. The lowest BCUT2D eigenvalue weighted by Gasteiger charge is -2.33. The summed E-state index contributed by atoms with van der Waals surface area (Å²) in [5.74, 6) is -2.70. The number of amides is 1. The van der Waals surface area contributed by atoms with E-state index < -0.39 is 46.9 Å². The lowest BCUT2D eigenvalue weighted by atomic mass is 9.95. The van der Waals surface area contributed by atoms with Crippen LogP contribution in [0.3, 0.4) is 0 Å². The number of hydrogen-bond acceptors (Lipinski definition) is 10. The maximum Gasteiger partial charge on any atom is 0.412 e. The van der Waals surface area contributed by atoms with Gasteiger partial charge in [-0.15, -0.1) is 11.3 Å². The van der Waals surface area contributed by atoms with E-state index in [4.69, 9.17) is 21.1 Å². The van der Waals surface area contributed by atoms with Crippen molar-refractivity contribution < 1.29 is 37.3 Å². The van der Waals surface area contributed by atoms with Crippen molar-refractivity contribution in [2.75, 3.05) is 43.0 Å². The fourth-order valence-electron chi connectivity index (χ4n) is 7.67. The molecular weight excluding hydrogens is 721 g/mol. The summed E-state index contributed by atoms with van der Waals surface area (Å²) < 4.78 is 58.5. The molecule has 0 radical (unpaired) electrons. The molecule has 0 bridgehead atoms. The van der Waals surface area contributed by atoms with E-state index in [1.807, 2.05) is 11.0 Å². The quantitative estimate of drug-likeness (QED) is 0.191. The number of anilines is 2. The topological polar surface area (TPSA) is 141 Å². The first kappa shape index (κ1) is 36.0. The molecular formula is C36H36ClF3N6O5S. The number of nitrogens with zero attached hydrogens (tertiary/aromatic N) is 5. The Bertz CT molecular complexity index is 2150. The van der Waals surface area contributed by atoms with Crippen molar-refractivity contribution in [2.45, 2.75) is 70.2 Å². The van der Waals surface area contributed by atoms with Crippen LogP contribution in [-0.4, -0.2) is 82.1 Å². The summed E-state index contributed by atoms with van der Waals surface area (Å²) in [7, 11) is 0. The van der Waals surface area contributed by atoms with Crippen molar-refractivity contribution in [3.63, 3.8) is 0 Å². The highest BCUT2D eigenvalue weighted by molar-refractivity contribution is 7.23. The molecule has 3 fully saturated rings. The highest BCUT2D eigenvalue weighted by atomic mass is 35.5. The van der Waals surface area contributed by atoms with Gasteiger partial charge in [-0.25, -0.2) is 18.0 Å². The predicted molar refractivity (Wildman–Crippen MR) is 191 cm³/mol. The first-order chi connectivity index (χ1) is 24.7. The second kappa shape index (κ2) is 13.5. The van der Waals surface area contributed by atoms with Crippen LogP contribution in [0.5, 0.6) is 6.01 Å². The van der Waals surface area contributed by atoms with E-state index in [0.717, 1.165) is 36.8 Å².